The molecule has 2 atom stereocenters. The van der Waals surface area contributed by atoms with Gasteiger partial charge in [-0.05, 0) is 68.4 Å². The van der Waals surface area contributed by atoms with E-state index in [0.717, 1.165) is 30.4 Å². The predicted molar refractivity (Wildman–Crippen MR) is 141 cm³/mol. The summed E-state index contributed by atoms with van der Waals surface area (Å²) in [6, 6.07) is 8.64. The second-order valence-electron chi connectivity index (χ2n) is 8.30. The molecule has 1 aliphatic rings. The molecule has 0 spiro atoms. The molecule has 2 aromatic rings. The molecule has 1 fully saturated rings. The van der Waals surface area contributed by atoms with Crippen LogP contribution in [0.1, 0.15) is 73.7 Å². The van der Waals surface area contributed by atoms with Crippen LogP contribution in [-0.4, -0.2) is 28.5 Å². The molecular weight excluding hydrogens is 410 g/mol. The molecule has 1 aromatic carbocycles. The zero-order valence-corrected chi connectivity index (χ0v) is 21.0. The largest absolute Gasteiger partial charge is 0.353 e. The van der Waals surface area contributed by atoms with E-state index in [-0.39, 0.29) is 19.2 Å². The van der Waals surface area contributed by atoms with E-state index in [4.69, 9.17) is 0 Å². The maximum atomic E-state index is 12.8. The van der Waals surface area contributed by atoms with Gasteiger partial charge in [0.15, 0.2) is 5.78 Å². The van der Waals surface area contributed by atoms with Crippen molar-refractivity contribution in [3.05, 3.63) is 53.9 Å². The summed E-state index contributed by atoms with van der Waals surface area (Å²) >= 11 is 0. The Morgan fingerprint density at radius 3 is 2.61 bits per heavy atom. The Balaban J connectivity index is 0.00000188. The molecule has 5 nitrogen and oxygen atoms in total. The molecule has 33 heavy (non-hydrogen) atoms. The minimum absolute atomic E-state index is 0. The molecular formula is C28H41N3O2. The van der Waals surface area contributed by atoms with Gasteiger partial charge in [0.2, 0.25) is 5.91 Å². The first-order valence-electron chi connectivity index (χ1n) is 12.2. The highest BCUT2D eigenvalue weighted by Gasteiger charge is 2.27. The van der Waals surface area contributed by atoms with Crippen LogP contribution in [0, 0.1) is 5.92 Å². The molecule has 1 heterocycles. The van der Waals surface area contributed by atoms with Crippen LogP contribution in [0.4, 0.5) is 0 Å². The molecule has 0 radical (unpaired) electrons. The van der Waals surface area contributed by atoms with Crippen LogP contribution >= 0.6 is 0 Å². The number of hydrogen-bond donors (Lipinski definition) is 1. The van der Waals surface area contributed by atoms with Gasteiger partial charge in [-0.25, -0.2) is 0 Å². The molecule has 1 aromatic heterocycles. The monoisotopic (exact) mass is 451 g/mol. The number of ketones is 1. The first-order valence-corrected chi connectivity index (χ1v) is 12.2. The number of nitrogens with zero attached hydrogens (tertiary/aromatic N) is 2. The molecule has 1 amide bonds. The topological polar surface area (TPSA) is 63.5 Å². The maximum Gasteiger partial charge on any atom is 0.219 e. The van der Waals surface area contributed by atoms with E-state index in [1.807, 2.05) is 47.7 Å². The predicted octanol–water partition coefficient (Wildman–Crippen LogP) is 6.48. The third-order valence-corrected chi connectivity index (χ3v) is 6.13. The number of aryl methyl sites for hydroxylation is 1. The highest BCUT2D eigenvalue weighted by Crippen LogP contribution is 2.29. The number of hydrogen-bond acceptors (Lipinski definition) is 3. The van der Waals surface area contributed by atoms with Crippen molar-refractivity contribution in [3.63, 3.8) is 0 Å². The second-order valence-corrected chi connectivity index (χ2v) is 8.30. The number of nitrogens with one attached hydrogen (secondary N) is 1. The first-order chi connectivity index (χ1) is 15.9. The third-order valence-electron chi connectivity index (χ3n) is 6.13. The minimum Gasteiger partial charge on any atom is -0.353 e. The lowest BCUT2D eigenvalue weighted by molar-refractivity contribution is -0.121. The smallest absolute Gasteiger partial charge is 0.219 e. The lowest BCUT2D eigenvalue weighted by Crippen LogP contribution is -2.32. The Bertz CT molecular complexity index is 1050. The fourth-order valence-electron chi connectivity index (χ4n) is 4.31. The van der Waals surface area contributed by atoms with E-state index in [1.54, 1.807) is 12.3 Å². The quantitative estimate of drug-likeness (QED) is 0.369. The SMILES string of the molecule is CC.C\C=C(/N=C/C(=C/C)c1ccc2c(ccn2C)c1)C(=O)C[C@@H]1CC[C@H](NC(=O)CC)C1.[HH]. The highest BCUT2D eigenvalue weighted by atomic mass is 16.1. The number of aromatic nitrogens is 1. The van der Waals surface area contributed by atoms with Crippen LogP contribution in [0.5, 0.6) is 0 Å². The van der Waals surface area contributed by atoms with Crippen LogP contribution < -0.4 is 5.32 Å². The van der Waals surface area contributed by atoms with Crippen LogP contribution in [0.15, 0.2) is 53.3 Å². The normalized spacial score (nSPS) is 19.0. The number of aliphatic imine (C=N–C) groups is 1. The summed E-state index contributed by atoms with van der Waals surface area (Å²) in [7, 11) is 2.04. The molecule has 0 unspecified atom stereocenters. The van der Waals surface area contributed by atoms with Crippen molar-refractivity contribution in [1.29, 1.82) is 0 Å². The zero-order chi connectivity index (χ0) is 24.4. The van der Waals surface area contributed by atoms with Gasteiger partial charge in [0.05, 0.1) is 0 Å². The van der Waals surface area contributed by atoms with E-state index in [0.29, 0.717) is 24.5 Å². The number of carbonyl (C=O) groups excluding carboxylic acids is 2. The second kappa shape index (κ2) is 12.9. The van der Waals surface area contributed by atoms with Gasteiger partial charge >= 0.3 is 0 Å². The van der Waals surface area contributed by atoms with Gasteiger partial charge in [-0.3, -0.25) is 14.6 Å². The Morgan fingerprint density at radius 1 is 1.18 bits per heavy atom. The number of rotatable bonds is 8. The summed E-state index contributed by atoms with van der Waals surface area (Å²) in [6.45, 7) is 9.70. The van der Waals surface area contributed by atoms with Crippen molar-refractivity contribution >= 4 is 34.4 Å². The van der Waals surface area contributed by atoms with Gasteiger partial charge in [-0.1, -0.05) is 39.0 Å². The van der Waals surface area contributed by atoms with Crippen molar-refractivity contribution < 1.29 is 11.0 Å². The van der Waals surface area contributed by atoms with Crippen LogP contribution in [0.25, 0.3) is 16.5 Å². The molecule has 5 heteroatoms. The van der Waals surface area contributed by atoms with E-state index < -0.39 is 0 Å². The lowest BCUT2D eigenvalue weighted by atomic mass is 9.99. The van der Waals surface area contributed by atoms with Crippen LogP contribution in [-0.2, 0) is 16.6 Å². The summed E-state index contributed by atoms with van der Waals surface area (Å²) in [5.74, 6) is 0.463. The molecule has 3 rings (SSSR count). The minimum atomic E-state index is 0. The van der Waals surface area contributed by atoms with Gasteiger partial charge in [-0.2, -0.15) is 0 Å². The number of Topliss-reactive ketones (excluding diaryl/α,β-unsaturated/α-hetero) is 1. The van der Waals surface area contributed by atoms with Gasteiger partial charge in [0.25, 0.3) is 0 Å². The Morgan fingerprint density at radius 2 is 1.94 bits per heavy atom. The van der Waals surface area contributed by atoms with E-state index in [1.165, 1.54) is 10.9 Å². The molecule has 1 saturated carbocycles. The van der Waals surface area contributed by atoms with Crippen LogP contribution in [0.2, 0.25) is 0 Å². The highest BCUT2D eigenvalue weighted by molar-refractivity contribution is 6.12. The van der Waals surface area contributed by atoms with Gasteiger partial charge in [0.1, 0.15) is 5.70 Å². The van der Waals surface area contributed by atoms with Crippen molar-refractivity contribution in [2.45, 2.75) is 72.8 Å². The summed E-state index contributed by atoms with van der Waals surface area (Å²) in [5, 5.41) is 4.23. The molecule has 0 bridgehead atoms. The Hall–Kier alpha value is -2.95. The van der Waals surface area contributed by atoms with Crippen LogP contribution in [0.3, 0.4) is 0 Å². The molecule has 1 N–H and O–H groups in total. The average molecular weight is 452 g/mol. The number of benzene rings is 1. The summed E-state index contributed by atoms with van der Waals surface area (Å²) < 4.78 is 2.10. The number of allylic oxidation sites excluding steroid dienone is 4. The van der Waals surface area contributed by atoms with Gasteiger partial charge in [0, 0.05) is 50.7 Å². The van der Waals surface area contributed by atoms with Crippen molar-refractivity contribution in [3.8, 4) is 0 Å². The standard InChI is InChI=1S/C26H33N3O2.C2H6.H2/c1-5-19(20-9-11-24-21(16-20)12-13-29(24)4)17-27-23(6-2)25(30)15-18-8-10-22(14-18)28-26(31)7-3;1-2;/h5-6,9,11-13,16-18,22H,7-8,10,14-15H2,1-4H3,(H,28,31);1-2H3;1H/b19-5-,23-6-,27-17+;;/t18-,22+;;/m1../s1. The number of fused-ring (bicyclic) bond motifs is 1. The Labute approximate surface area is 200 Å². The lowest BCUT2D eigenvalue weighted by Gasteiger charge is -2.12. The molecule has 0 aliphatic heterocycles. The fraction of sp³-hybridized carbons (Fsp3) is 0.464. The van der Waals surface area contributed by atoms with Gasteiger partial charge in [-0.15, -0.1) is 0 Å². The summed E-state index contributed by atoms with van der Waals surface area (Å²) in [5.41, 5.74) is 3.76. The first kappa shape index (κ1) is 26.3. The van der Waals surface area contributed by atoms with E-state index in [2.05, 4.69) is 45.3 Å². The zero-order valence-electron chi connectivity index (χ0n) is 21.0. The Kier molecular flexibility index (Phi) is 10.3. The number of amides is 1. The van der Waals surface area contributed by atoms with E-state index >= 15 is 0 Å². The average Bonchev–Trinajstić information content (AvgIpc) is 3.43. The van der Waals surface area contributed by atoms with Crippen molar-refractivity contribution in [2.24, 2.45) is 18.0 Å². The van der Waals surface area contributed by atoms with Gasteiger partial charge < -0.3 is 9.88 Å². The summed E-state index contributed by atoms with van der Waals surface area (Å²) in [4.78, 5) is 29.0. The molecule has 1 aliphatic carbocycles. The van der Waals surface area contributed by atoms with Crippen molar-refractivity contribution in [2.75, 3.05) is 0 Å². The molecule has 180 valence electrons. The molecule has 0 saturated heterocycles. The van der Waals surface area contributed by atoms with Crippen molar-refractivity contribution in [1.82, 2.24) is 9.88 Å². The fourth-order valence-corrected chi connectivity index (χ4v) is 4.31. The summed E-state index contributed by atoms with van der Waals surface area (Å²) in [6.07, 6.45) is 11.4. The number of carbonyl (C=O) groups is 2. The maximum absolute atomic E-state index is 12.8. The third kappa shape index (κ3) is 7.01. The van der Waals surface area contributed by atoms with E-state index in [9.17, 15) is 9.59 Å².